The molecule has 0 amide bonds. The van der Waals surface area contributed by atoms with Crippen LogP contribution in [0.25, 0.3) is 5.69 Å². The molecule has 0 aliphatic rings. The largest absolute Gasteiger partial charge is 0.389 e. The van der Waals surface area contributed by atoms with Crippen LogP contribution in [0, 0.1) is 19.7 Å². The Bertz CT molecular complexity index is 602. The van der Waals surface area contributed by atoms with Crippen LogP contribution in [0.3, 0.4) is 0 Å². The number of benzene rings is 1. The number of aliphatic hydroxyl groups is 1. The highest BCUT2D eigenvalue weighted by Gasteiger charge is 2.15. The van der Waals surface area contributed by atoms with E-state index in [1.807, 2.05) is 13.8 Å². The number of aromatic nitrogens is 2. The van der Waals surface area contributed by atoms with Gasteiger partial charge in [-0.25, -0.2) is 9.07 Å². The van der Waals surface area contributed by atoms with Crippen molar-refractivity contribution in [1.82, 2.24) is 9.78 Å². The van der Waals surface area contributed by atoms with Crippen LogP contribution in [0.4, 0.5) is 4.39 Å². The molecular formula is C15H19FN2O. The molecule has 102 valence electrons. The maximum atomic E-state index is 14.1. The zero-order chi connectivity index (χ0) is 14.2. The van der Waals surface area contributed by atoms with Gasteiger partial charge < -0.3 is 5.11 Å². The topological polar surface area (TPSA) is 38.0 Å². The Kier molecular flexibility index (Phi) is 3.71. The lowest BCUT2D eigenvalue weighted by atomic mass is 10.1. The average Bonchev–Trinajstić information content (AvgIpc) is 2.64. The van der Waals surface area contributed by atoms with Crippen molar-refractivity contribution in [3.8, 4) is 5.69 Å². The third-order valence-corrected chi connectivity index (χ3v) is 3.48. The van der Waals surface area contributed by atoms with Gasteiger partial charge in [-0.2, -0.15) is 5.10 Å². The summed E-state index contributed by atoms with van der Waals surface area (Å²) in [5.41, 5.74) is 4.03. The summed E-state index contributed by atoms with van der Waals surface area (Å²) in [4.78, 5) is 0. The van der Waals surface area contributed by atoms with Crippen LogP contribution in [0.1, 0.15) is 42.5 Å². The molecule has 2 aromatic rings. The Balaban J connectivity index is 2.54. The van der Waals surface area contributed by atoms with E-state index in [9.17, 15) is 9.50 Å². The fraction of sp³-hybridized carbons (Fsp3) is 0.400. The molecule has 1 aromatic carbocycles. The standard InChI is InChI=1S/C15H19FN2O/c1-5-13-9(2)17-18(10(13)3)15-7-6-12(11(4)19)8-14(15)16/h6-8,11,19H,5H2,1-4H3/t11-/m1/s1. The summed E-state index contributed by atoms with van der Waals surface area (Å²) in [5, 5.41) is 13.9. The van der Waals surface area contributed by atoms with Gasteiger partial charge in [-0.05, 0) is 50.5 Å². The van der Waals surface area contributed by atoms with Crippen LogP contribution in [-0.2, 0) is 6.42 Å². The van der Waals surface area contributed by atoms with Crippen LogP contribution >= 0.6 is 0 Å². The molecule has 0 aliphatic heterocycles. The van der Waals surface area contributed by atoms with Gasteiger partial charge in [0.1, 0.15) is 11.5 Å². The highest BCUT2D eigenvalue weighted by Crippen LogP contribution is 2.23. The lowest BCUT2D eigenvalue weighted by molar-refractivity contribution is 0.199. The molecule has 0 unspecified atom stereocenters. The summed E-state index contributed by atoms with van der Waals surface area (Å²) in [5.74, 6) is -0.369. The van der Waals surface area contributed by atoms with Crippen molar-refractivity contribution in [2.45, 2.75) is 40.2 Å². The second-order valence-electron chi connectivity index (χ2n) is 4.80. The molecule has 4 heteroatoms. The molecule has 1 aromatic heterocycles. The summed E-state index contributed by atoms with van der Waals surface area (Å²) in [6, 6.07) is 4.75. The van der Waals surface area contributed by atoms with Gasteiger partial charge in [-0.3, -0.25) is 0 Å². The molecule has 1 N–H and O–H groups in total. The van der Waals surface area contributed by atoms with Crippen LogP contribution in [-0.4, -0.2) is 14.9 Å². The molecule has 0 radical (unpaired) electrons. The zero-order valence-corrected chi connectivity index (χ0v) is 11.7. The van der Waals surface area contributed by atoms with Crippen molar-refractivity contribution in [2.24, 2.45) is 0 Å². The van der Waals surface area contributed by atoms with Gasteiger partial charge in [0, 0.05) is 5.69 Å². The number of aryl methyl sites for hydroxylation is 1. The molecule has 0 saturated heterocycles. The van der Waals surface area contributed by atoms with Crippen LogP contribution < -0.4 is 0 Å². The Morgan fingerprint density at radius 2 is 2.05 bits per heavy atom. The highest BCUT2D eigenvalue weighted by atomic mass is 19.1. The average molecular weight is 262 g/mol. The van der Waals surface area contributed by atoms with Crippen molar-refractivity contribution in [1.29, 1.82) is 0 Å². The number of rotatable bonds is 3. The van der Waals surface area contributed by atoms with Crippen molar-refractivity contribution >= 4 is 0 Å². The smallest absolute Gasteiger partial charge is 0.149 e. The molecule has 3 nitrogen and oxygen atoms in total. The number of aliphatic hydroxyl groups excluding tert-OH is 1. The van der Waals surface area contributed by atoms with Crippen LogP contribution in [0.15, 0.2) is 18.2 Å². The van der Waals surface area contributed by atoms with Crippen molar-refractivity contribution < 1.29 is 9.50 Å². The van der Waals surface area contributed by atoms with Crippen molar-refractivity contribution in [2.75, 3.05) is 0 Å². The molecule has 0 aliphatic carbocycles. The second kappa shape index (κ2) is 5.13. The quantitative estimate of drug-likeness (QED) is 0.922. The summed E-state index contributed by atoms with van der Waals surface area (Å²) < 4.78 is 15.8. The van der Waals surface area contributed by atoms with E-state index >= 15 is 0 Å². The second-order valence-corrected chi connectivity index (χ2v) is 4.80. The minimum absolute atomic E-state index is 0.369. The third-order valence-electron chi connectivity index (χ3n) is 3.48. The predicted octanol–water partition coefficient (Wildman–Crippen LogP) is 3.24. The van der Waals surface area contributed by atoms with E-state index in [1.165, 1.54) is 6.07 Å². The first-order chi connectivity index (χ1) is 8.95. The lowest BCUT2D eigenvalue weighted by Gasteiger charge is -2.10. The summed E-state index contributed by atoms with van der Waals surface area (Å²) in [6.45, 7) is 7.56. The van der Waals surface area contributed by atoms with Gasteiger partial charge >= 0.3 is 0 Å². The van der Waals surface area contributed by atoms with E-state index in [2.05, 4.69) is 12.0 Å². The van der Waals surface area contributed by atoms with Gasteiger partial charge in [0.15, 0.2) is 0 Å². The van der Waals surface area contributed by atoms with Crippen LogP contribution in [0.5, 0.6) is 0 Å². The highest BCUT2D eigenvalue weighted by molar-refractivity contribution is 5.40. The first kappa shape index (κ1) is 13.7. The maximum Gasteiger partial charge on any atom is 0.149 e. The minimum Gasteiger partial charge on any atom is -0.389 e. The summed E-state index contributed by atoms with van der Waals surface area (Å²) in [7, 11) is 0. The van der Waals surface area contributed by atoms with Crippen LogP contribution in [0.2, 0.25) is 0 Å². The molecule has 2 rings (SSSR count). The van der Waals surface area contributed by atoms with E-state index in [1.54, 1.807) is 23.7 Å². The third kappa shape index (κ3) is 2.40. The zero-order valence-electron chi connectivity index (χ0n) is 11.7. The van der Waals surface area contributed by atoms with Crippen molar-refractivity contribution in [3.05, 3.63) is 46.5 Å². The number of nitrogens with zero attached hydrogens (tertiary/aromatic N) is 2. The summed E-state index contributed by atoms with van der Waals surface area (Å²) >= 11 is 0. The Hall–Kier alpha value is -1.68. The van der Waals surface area contributed by atoms with E-state index in [4.69, 9.17) is 0 Å². The number of hydrogen-bond donors (Lipinski definition) is 1. The van der Waals surface area contributed by atoms with Crippen molar-refractivity contribution in [3.63, 3.8) is 0 Å². The Morgan fingerprint density at radius 1 is 1.37 bits per heavy atom. The molecular weight excluding hydrogens is 243 g/mol. The van der Waals surface area contributed by atoms with E-state index in [0.29, 0.717) is 11.3 Å². The monoisotopic (exact) mass is 262 g/mol. The molecule has 1 heterocycles. The van der Waals surface area contributed by atoms with Gasteiger partial charge in [0.25, 0.3) is 0 Å². The fourth-order valence-corrected chi connectivity index (χ4v) is 2.38. The predicted molar refractivity (Wildman–Crippen MR) is 73.0 cm³/mol. The Morgan fingerprint density at radius 3 is 2.53 bits per heavy atom. The van der Waals surface area contributed by atoms with E-state index in [-0.39, 0.29) is 5.82 Å². The molecule has 0 bridgehead atoms. The first-order valence-corrected chi connectivity index (χ1v) is 6.48. The lowest BCUT2D eigenvalue weighted by Crippen LogP contribution is -2.04. The normalized spacial score (nSPS) is 12.7. The fourth-order valence-electron chi connectivity index (χ4n) is 2.38. The SMILES string of the molecule is CCc1c(C)nn(-c2ccc([C@@H](C)O)cc2F)c1C. The molecule has 0 fully saturated rings. The van der Waals surface area contributed by atoms with Gasteiger partial charge in [0.05, 0.1) is 11.8 Å². The van der Waals surface area contributed by atoms with Gasteiger partial charge in [-0.15, -0.1) is 0 Å². The van der Waals surface area contributed by atoms with E-state index in [0.717, 1.165) is 23.4 Å². The molecule has 0 spiro atoms. The first-order valence-electron chi connectivity index (χ1n) is 6.48. The molecule has 1 atom stereocenters. The Labute approximate surface area is 112 Å². The maximum absolute atomic E-state index is 14.1. The minimum atomic E-state index is -0.671. The van der Waals surface area contributed by atoms with Gasteiger partial charge in [-0.1, -0.05) is 13.0 Å². The van der Waals surface area contributed by atoms with Gasteiger partial charge in [0.2, 0.25) is 0 Å². The van der Waals surface area contributed by atoms with E-state index < -0.39 is 6.10 Å². The number of hydrogen-bond acceptors (Lipinski definition) is 2. The molecule has 0 saturated carbocycles. The molecule has 19 heavy (non-hydrogen) atoms. The summed E-state index contributed by atoms with van der Waals surface area (Å²) in [6.07, 6.45) is 0.209. The number of halogens is 1.